The number of carbonyl (C=O) groups is 2. The van der Waals surface area contributed by atoms with Crippen molar-refractivity contribution in [3.63, 3.8) is 0 Å². The molecule has 1 aliphatic heterocycles. The van der Waals surface area contributed by atoms with E-state index in [0.29, 0.717) is 24.9 Å². The number of hydrogen-bond acceptors (Lipinski definition) is 4. The van der Waals surface area contributed by atoms with Crippen molar-refractivity contribution in [3.8, 4) is 5.75 Å². The normalized spacial score (nSPS) is 18.6. The summed E-state index contributed by atoms with van der Waals surface area (Å²) in [5.41, 5.74) is 0.797. The second kappa shape index (κ2) is 9.75. The Morgan fingerprint density at radius 3 is 2.55 bits per heavy atom. The molecular formula is C26H31BrN2O4. The number of ether oxygens (including phenoxy) is 1. The van der Waals surface area contributed by atoms with Crippen LogP contribution in [0.3, 0.4) is 0 Å². The molecule has 1 amide bonds. The lowest BCUT2D eigenvalue weighted by molar-refractivity contribution is -0.152. The lowest BCUT2D eigenvalue weighted by Crippen LogP contribution is -2.45. The number of amides is 1. The maximum atomic E-state index is 13.6. The first kappa shape index (κ1) is 23.6. The third kappa shape index (κ3) is 5.88. The van der Waals surface area contributed by atoms with Crippen LogP contribution in [-0.2, 0) is 16.1 Å². The van der Waals surface area contributed by atoms with Crippen LogP contribution >= 0.6 is 15.9 Å². The molecule has 0 unspecified atom stereocenters. The van der Waals surface area contributed by atoms with Gasteiger partial charge in [-0.3, -0.25) is 4.79 Å². The first-order chi connectivity index (χ1) is 15.7. The Labute approximate surface area is 203 Å². The van der Waals surface area contributed by atoms with E-state index >= 15 is 0 Å². The van der Waals surface area contributed by atoms with Crippen molar-refractivity contribution >= 4 is 33.5 Å². The second-order valence-corrected chi connectivity index (χ2v) is 10.4. The topological polar surface area (TPSA) is 70.1 Å². The molecule has 1 N–H and O–H groups in total. The highest BCUT2D eigenvalue weighted by molar-refractivity contribution is 9.10. The fourth-order valence-electron chi connectivity index (χ4n) is 4.29. The molecule has 6 nitrogen and oxygen atoms in total. The molecule has 2 aromatic rings. The van der Waals surface area contributed by atoms with Gasteiger partial charge in [0, 0.05) is 41.9 Å². The fourth-order valence-corrected chi connectivity index (χ4v) is 4.55. The average molecular weight is 515 g/mol. The highest BCUT2D eigenvalue weighted by Gasteiger charge is 2.37. The quantitative estimate of drug-likeness (QED) is 0.530. The maximum absolute atomic E-state index is 13.6. The van der Waals surface area contributed by atoms with Gasteiger partial charge in [0.1, 0.15) is 5.75 Å². The van der Waals surface area contributed by atoms with E-state index in [2.05, 4.69) is 37.9 Å². The van der Waals surface area contributed by atoms with Gasteiger partial charge in [-0.05, 0) is 69.4 Å². The van der Waals surface area contributed by atoms with Crippen LogP contribution in [0.25, 0.3) is 0 Å². The molecule has 0 spiro atoms. The molecule has 2 aromatic carbocycles. The van der Waals surface area contributed by atoms with Crippen molar-refractivity contribution in [1.82, 2.24) is 4.90 Å². The average Bonchev–Trinajstić information content (AvgIpc) is 3.63. The Bertz CT molecular complexity index is 1000. The SMILES string of the molecule is CC(C)(Oc1cccc(N2CCC[C@H](C(=O)N(Cc3ccc(Br)cc3)C3CC3)C2)c1)C(=O)O. The Balaban J connectivity index is 1.45. The molecule has 2 aliphatic rings. The van der Waals surface area contributed by atoms with Gasteiger partial charge >= 0.3 is 5.97 Å². The van der Waals surface area contributed by atoms with E-state index in [1.54, 1.807) is 6.07 Å². The molecule has 1 heterocycles. The molecule has 0 radical (unpaired) electrons. The molecule has 2 fully saturated rings. The van der Waals surface area contributed by atoms with E-state index in [4.69, 9.17) is 4.74 Å². The first-order valence-electron chi connectivity index (χ1n) is 11.6. The van der Waals surface area contributed by atoms with Crippen molar-refractivity contribution in [3.05, 3.63) is 58.6 Å². The Hall–Kier alpha value is -2.54. The van der Waals surface area contributed by atoms with Crippen molar-refractivity contribution in [2.24, 2.45) is 5.92 Å². The van der Waals surface area contributed by atoms with Crippen LogP contribution in [0.2, 0.25) is 0 Å². The minimum atomic E-state index is -1.31. The summed E-state index contributed by atoms with van der Waals surface area (Å²) in [6.45, 7) is 5.26. The van der Waals surface area contributed by atoms with Crippen LogP contribution < -0.4 is 9.64 Å². The van der Waals surface area contributed by atoms with E-state index in [1.807, 2.05) is 30.3 Å². The number of carboxylic acids is 1. The second-order valence-electron chi connectivity index (χ2n) is 9.52. The number of hydrogen-bond donors (Lipinski definition) is 1. The Morgan fingerprint density at radius 2 is 1.88 bits per heavy atom. The lowest BCUT2D eigenvalue weighted by atomic mass is 9.95. The number of piperidine rings is 1. The maximum Gasteiger partial charge on any atom is 0.347 e. The molecule has 0 bridgehead atoms. The van der Waals surface area contributed by atoms with Gasteiger partial charge in [-0.1, -0.05) is 34.1 Å². The largest absolute Gasteiger partial charge is 0.478 e. The van der Waals surface area contributed by atoms with Crippen molar-refractivity contribution in [2.75, 3.05) is 18.0 Å². The standard InChI is InChI=1S/C26H31BrN2O4/c1-26(2,25(31)32)33-23-7-3-6-22(15-23)28-14-4-5-19(17-28)24(30)29(21-12-13-21)16-18-8-10-20(27)11-9-18/h3,6-11,15,19,21H,4-5,12-14,16-17H2,1-2H3,(H,31,32)/t19-/m0/s1. The van der Waals surface area contributed by atoms with Gasteiger partial charge in [-0.15, -0.1) is 0 Å². The third-order valence-corrected chi connectivity index (χ3v) is 6.91. The molecule has 4 rings (SSSR count). The monoisotopic (exact) mass is 514 g/mol. The summed E-state index contributed by atoms with van der Waals surface area (Å²) in [4.78, 5) is 29.3. The number of nitrogens with zero attached hydrogens (tertiary/aromatic N) is 2. The summed E-state index contributed by atoms with van der Waals surface area (Å²) in [6, 6.07) is 16.1. The third-order valence-electron chi connectivity index (χ3n) is 6.38. The van der Waals surface area contributed by atoms with Gasteiger partial charge in [-0.25, -0.2) is 4.79 Å². The van der Waals surface area contributed by atoms with Gasteiger partial charge in [0.15, 0.2) is 5.60 Å². The number of rotatable bonds is 8. The molecule has 1 atom stereocenters. The molecule has 7 heteroatoms. The molecule has 1 saturated heterocycles. The summed E-state index contributed by atoms with van der Waals surface area (Å²) < 4.78 is 6.76. The van der Waals surface area contributed by atoms with Gasteiger partial charge in [0.05, 0.1) is 5.92 Å². The van der Waals surface area contributed by atoms with Gasteiger partial charge in [0.2, 0.25) is 5.91 Å². The number of carbonyl (C=O) groups excluding carboxylic acids is 1. The zero-order valence-electron chi connectivity index (χ0n) is 19.2. The molecule has 0 aromatic heterocycles. The predicted molar refractivity (Wildman–Crippen MR) is 131 cm³/mol. The first-order valence-corrected chi connectivity index (χ1v) is 12.3. The number of anilines is 1. The van der Waals surface area contributed by atoms with E-state index < -0.39 is 11.6 Å². The van der Waals surface area contributed by atoms with Crippen LogP contribution in [-0.4, -0.2) is 46.6 Å². The number of carboxylic acid groups (broad SMARTS) is 1. The Morgan fingerprint density at radius 1 is 1.15 bits per heavy atom. The number of halogens is 1. The number of benzene rings is 2. The van der Waals surface area contributed by atoms with Crippen molar-refractivity contribution in [2.45, 2.75) is 57.7 Å². The lowest BCUT2D eigenvalue weighted by Gasteiger charge is -2.36. The molecule has 1 saturated carbocycles. The smallest absolute Gasteiger partial charge is 0.347 e. The summed E-state index contributed by atoms with van der Waals surface area (Å²) >= 11 is 3.48. The zero-order valence-corrected chi connectivity index (χ0v) is 20.8. The van der Waals surface area contributed by atoms with Crippen LogP contribution in [0.4, 0.5) is 5.69 Å². The molecule has 176 valence electrons. The Kier molecular flexibility index (Phi) is 6.98. The number of aliphatic carboxylic acids is 1. The van der Waals surface area contributed by atoms with Crippen molar-refractivity contribution in [1.29, 1.82) is 0 Å². The van der Waals surface area contributed by atoms with Crippen LogP contribution in [0.1, 0.15) is 45.1 Å². The van der Waals surface area contributed by atoms with E-state index in [9.17, 15) is 14.7 Å². The van der Waals surface area contributed by atoms with E-state index in [0.717, 1.165) is 48.0 Å². The summed E-state index contributed by atoms with van der Waals surface area (Å²) in [5.74, 6) is -0.301. The van der Waals surface area contributed by atoms with Crippen LogP contribution in [0, 0.1) is 5.92 Å². The fraction of sp³-hybridized carbons (Fsp3) is 0.462. The van der Waals surface area contributed by atoms with Crippen LogP contribution in [0.15, 0.2) is 53.0 Å². The van der Waals surface area contributed by atoms with Gasteiger partial charge < -0.3 is 19.6 Å². The highest BCUT2D eigenvalue weighted by Crippen LogP contribution is 2.33. The molecular weight excluding hydrogens is 484 g/mol. The molecule has 1 aliphatic carbocycles. The van der Waals surface area contributed by atoms with Crippen LogP contribution in [0.5, 0.6) is 5.75 Å². The van der Waals surface area contributed by atoms with Crippen molar-refractivity contribution < 1.29 is 19.4 Å². The van der Waals surface area contributed by atoms with Gasteiger partial charge in [0.25, 0.3) is 0 Å². The zero-order chi connectivity index (χ0) is 23.6. The van der Waals surface area contributed by atoms with E-state index in [1.165, 1.54) is 13.8 Å². The summed E-state index contributed by atoms with van der Waals surface area (Å²) in [7, 11) is 0. The summed E-state index contributed by atoms with van der Waals surface area (Å²) in [6.07, 6.45) is 3.99. The minimum absolute atomic E-state index is 0.0465. The van der Waals surface area contributed by atoms with Gasteiger partial charge in [-0.2, -0.15) is 0 Å². The minimum Gasteiger partial charge on any atom is -0.478 e. The summed E-state index contributed by atoms with van der Waals surface area (Å²) in [5, 5.41) is 9.36. The predicted octanol–water partition coefficient (Wildman–Crippen LogP) is 5.10. The highest BCUT2D eigenvalue weighted by atomic mass is 79.9. The van der Waals surface area contributed by atoms with E-state index in [-0.39, 0.29) is 11.8 Å². The molecule has 33 heavy (non-hydrogen) atoms.